The van der Waals surface area contributed by atoms with E-state index < -0.39 is 0 Å². The molecule has 0 amide bonds. The molecule has 20 heavy (non-hydrogen) atoms. The zero-order chi connectivity index (χ0) is 14.8. The van der Waals surface area contributed by atoms with Crippen molar-refractivity contribution in [2.24, 2.45) is 5.41 Å². The van der Waals surface area contributed by atoms with Gasteiger partial charge in [-0.2, -0.15) is 0 Å². The second-order valence-electron chi connectivity index (χ2n) is 6.12. The van der Waals surface area contributed by atoms with Crippen LogP contribution < -0.4 is 5.32 Å². The maximum absolute atomic E-state index is 6.39. The first kappa shape index (κ1) is 15.5. The van der Waals surface area contributed by atoms with E-state index in [4.69, 9.17) is 11.6 Å². The van der Waals surface area contributed by atoms with Gasteiger partial charge in [-0.05, 0) is 39.9 Å². The van der Waals surface area contributed by atoms with Crippen LogP contribution in [-0.2, 0) is 0 Å². The lowest BCUT2D eigenvalue weighted by Crippen LogP contribution is -2.21. The van der Waals surface area contributed by atoms with Crippen molar-refractivity contribution in [1.29, 1.82) is 0 Å². The Morgan fingerprint density at radius 3 is 2.80 bits per heavy atom. The van der Waals surface area contributed by atoms with Gasteiger partial charge in [-0.25, -0.2) is 0 Å². The number of anilines is 1. The fourth-order valence-corrected chi connectivity index (χ4v) is 2.96. The molecule has 0 saturated carbocycles. The molecule has 0 aliphatic rings. The number of halogens is 2. The maximum atomic E-state index is 6.39. The Hall–Kier alpha value is -0.870. The summed E-state index contributed by atoms with van der Waals surface area (Å²) in [6.45, 7) is 7.31. The first-order valence-corrected chi connectivity index (χ1v) is 7.86. The van der Waals surface area contributed by atoms with Crippen molar-refractivity contribution in [3.05, 3.63) is 29.0 Å². The monoisotopic (exact) mass is 355 g/mol. The maximum Gasteiger partial charge on any atom is 0.112 e. The molecule has 0 aliphatic heterocycles. The van der Waals surface area contributed by atoms with Gasteiger partial charge in [0.2, 0.25) is 0 Å². The quantitative estimate of drug-likeness (QED) is 0.796. The predicted octanol–water partition coefficient (Wildman–Crippen LogP) is 4.85. The van der Waals surface area contributed by atoms with Crippen LogP contribution in [0.25, 0.3) is 11.0 Å². The average molecular weight is 357 g/mol. The number of pyridine rings is 2. The molecule has 1 N–H and O–H groups in total. The molecule has 0 aromatic carbocycles. The van der Waals surface area contributed by atoms with Gasteiger partial charge in [-0.3, -0.25) is 9.97 Å². The Morgan fingerprint density at radius 1 is 1.35 bits per heavy atom. The molecule has 2 aromatic rings. The van der Waals surface area contributed by atoms with E-state index in [0.29, 0.717) is 0 Å². The summed E-state index contributed by atoms with van der Waals surface area (Å²) >= 11 is 9.79. The number of rotatable bonds is 4. The van der Waals surface area contributed by atoms with E-state index in [1.807, 2.05) is 12.1 Å². The van der Waals surface area contributed by atoms with E-state index in [9.17, 15) is 0 Å². The normalized spacial score (nSPS) is 13.4. The summed E-state index contributed by atoms with van der Waals surface area (Å²) in [5, 5.41) is 3.47. The first-order valence-electron chi connectivity index (χ1n) is 6.63. The Balaban J connectivity index is 2.10. The third-order valence-electron chi connectivity index (χ3n) is 2.89. The van der Waals surface area contributed by atoms with Gasteiger partial charge in [0, 0.05) is 23.4 Å². The Morgan fingerprint density at radius 2 is 2.10 bits per heavy atom. The molecule has 0 bridgehead atoms. The number of nitrogens with one attached hydrogen (secondary N) is 1. The number of hydrogen-bond donors (Lipinski definition) is 1. The molecular weight excluding hydrogens is 338 g/mol. The van der Waals surface area contributed by atoms with Gasteiger partial charge in [0.25, 0.3) is 0 Å². The van der Waals surface area contributed by atoms with Crippen LogP contribution in [0, 0.1) is 5.41 Å². The molecule has 0 fully saturated rings. The van der Waals surface area contributed by atoms with Crippen LogP contribution >= 0.6 is 27.5 Å². The number of aromatic nitrogens is 2. The molecule has 0 saturated heterocycles. The van der Waals surface area contributed by atoms with Gasteiger partial charge in [0.05, 0.1) is 16.6 Å². The summed E-state index contributed by atoms with van der Waals surface area (Å²) in [4.78, 5) is 8.74. The second-order valence-corrected chi connectivity index (χ2v) is 7.66. The minimum Gasteiger partial charge on any atom is -0.382 e. The molecule has 2 rings (SSSR count). The van der Waals surface area contributed by atoms with Gasteiger partial charge in [0.1, 0.15) is 5.52 Å². The van der Waals surface area contributed by atoms with Crippen LogP contribution in [0.3, 0.4) is 0 Å². The van der Waals surface area contributed by atoms with Gasteiger partial charge < -0.3 is 5.32 Å². The largest absolute Gasteiger partial charge is 0.382 e. The van der Waals surface area contributed by atoms with Crippen molar-refractivity contribution in [1.82, 2.24) is 9.97 Å². The van der Waals surface area contributed by atoms with Crippen molar-refractivity contribution in [3.63, 3.8) is 0 Å². The standard InChI is InChI=1S/C15H19BrClN3/c1-15(2,3)7-11(17)9-19-12-4-5-18-13-6-10(16)8-20-14(12)13/h4-6,8,11H,7,9H2,1-3H3,(H,18,19). The third-order valence-corrected chi connectivity index (χ3v) is 3.63. The molecule has 2 aromatic heterocycles. The first-order chi connectivity index (χ1) is 9.35. The van der Waals surface area contributed by atoms with E-state index in [2.05, 4.69) is 52.0 Å². The summed E-state index contributed by atoms with van der Waals surface area (Å²) in [6, 6.07) is 3.89. The SMILES string of the molecule is CC(C)(C)CC(Cl)CNc1ccnc2cc(Br)cnc12. The van der Waals surface area contributed by atoms with Gasteiger partial charge in [-0.15, -0.1) is 11.6 Å². The van der Waals surface area contributed by atoms with E-state index in [1.54, 1.807) is 12.4 Å². The van der Waals surface area contributed by atoms with Crippen molar-refractivity contribution < 1.29 is 0 Å². The molecule has 3 nitrogen and oxygen atoms in total. The summed E-state index contributed by atoms with van der Waals surface area (Å²) in [5.41, 5.74) is 2.95. The highest BCUT2D eigenvalue weighted by atomic mass is 79.9. The second kappa shape index (κ2) is 6.27. The van der Waals surface area contributed by atoms with Crippen molar-refractivity contribution in [2.75, 3.05) is 11.9 Å². The molecule has 5 heteroatoms. The molecule has 108 valence electrons. The third kappa shape index (κ3) is 4.32. The van der Waals surface area contributed by atoms with E-state index in [0.717, 1.165) is 34.2 Å². The summed E-state index contributed by atoms with van der Waals surface area (Å²) in [5.74, 6) is 0. The average Bonchev–Trinajstić information content (AvgIpc) is 2.33. The molecule has 0 radical (unpaired) electrons. The topological polar surface area (TPSA) is 37.8 Å². The Bertz CT molecular complexity index is 595. The van der Waals surface area contributed by atoms with Crippen LogP contribution in [0.15, 0.2) is 29.0 Å². The zero-order valence-corrected chi connectivity index (χ0v) is 14.3. The smallest absolute Gasteiger partial charge is 0.112 e. The molecule has 1 atom stereocenters. The van der Waals surface area contributed by atoms with E-state index in [-0.39, 0.29) is 10.8 Å². The number of nitrogens with zero attached hydrogens (tertiary/aromatic N) is 2. The van der Waals surface area contributed by atoms with Gasteiger partial charge >= 0.3 is 0 Å². The summed E-state index contributed by atoms with van der Waals surface area (Å²) in [7, 11) is 0. The zero-order valence-electron chi connectivity index (χ0n) is 12.0. The van der Waals surface area contributed by atoms with Crippen molar-refractivity contribution in [3.8, 4) is 0 Å². The van der Waals surface area contributed by atoms with Crippen LogP contribution in [0.1, 0.15) is 27.2 Å². The number of alkyl halides is 1. The Kier molecular flexibility index (Phi) is 4.86. The van der Waals surface area contributed by atoms with Crippen LogP contribution in [-0.4, -0.2) is 21.9 Å². The predicted molar refractivity (Wildman–Crippen MR) is 89.4 cm³/mol. The van der Waals surface area contributed by atoms with Crippen LogP contribution in [0.2, 0.25) is 0 Å². The summed E-state index contributed by atoms with van der Waals surface area (Å²) in [6.07, 6.45) is 4.53. The molecule has 0 spiro atoms. The highest BCUT2D eigenvalue weighted by molar-refractivity contribution is 9.10. The number of hydrogen-bond acceptors (Lipinski definition) is 3. The molecule has 2 heterocycles. The fourth-order valence-electron chi connectivity index (χ4n) is 2.11. The van der Waals surface area contributed by atoms with Crippen LogP contribution in [0.4, 0.5) is 5.69 Å². The molecule has 0 aliphatic carbocycles. The molecule has 1 unspecified atom stereocenters. The van der Waals surface area contributed by atoms with E-state index >= 15 is 0 Å². The Labute approximate surface area is 133 Å². The minimum absolute atomic E-state index is 0.0914. The van der Waals surface area contributed by atoms with Gasteiger partial charge in [0.15, 0.2) is 0 Å². The summed E-state index contributed by atoms with van der Waals surface area (Å²) < 4.78 is 0.928. The van der Waals surface area contributed by atoms with Crippen molar-refractivity contribution in [2.45, 2.75) is 32.6 Å². The lowest BCUT2D eigenvalue weighted by Gasteiger charge is -2.22. The highest BCUT2D eigenvalue weighted by Gasteiger charge is 2.17. The van der Waals surface area contributed by atoms with E-state index in [1.165, 1.54) is 0 Å². The molecular formula is C15H19BrClN3. The fraction of sp³-hybridized carbons (Fsp3) is 0.467. The lowest BCUT2D eigenvalue weighted by molar-refractivity contribution is 0.373. The highest BCUT2D eigenvalue weighted by Crippen LogP contribution is 2.25. The number of fused-ring (bicyclic) bond motifs is 1. The minimum atomic E-state index is 0.0914. The van der Waals surface area contributed by atoms with Crippen LogP contribution in [0.5, 0.6) is 0 Å². The van der Waals surface area contributed by atoms with Crippen molar-refractivity contribution >= 4 is 44.3 Å². The lowest BCUT2D eigenvalue weighted by atomic mass is 9.90. The van der Waals surface area contributed by atoms with Gasteiger partial charge in [-0.1, -0.05) is 20.8 Å².